The van der Waals surface area contributed by atoms with Crippen LogP contribution in [0.3, 0.4) is 0 Å². The molecule has 0 radical (unpaired) electrons. The number of aryl methyl sites for hydroxylation is 2. The number of hydrogen-bond donors (Lipinski definition) is 1. The van der Waals surface area contributed by atoms with Gasteiger partial charge in [0.15, 0.2) is 0 Å². The van der Waals surface area contributed by atoms with Crippen LogP contribution in [0.2, 0.25) is 0 Å². The Morgan fingerprint density at radius 3 is 1.52 bits per heavy atom. The molecule has 1 heterocycles. The van der Waals surface area contributed by atoms with Crippen molar-refractivity contribution in [1.29, 1.82) is 0 Å². The van der Waals surface area contributed by atoms with E-state index in [0.29, 0.717) is 0 Å². The van der Waals surface area contributed by atoms with Crippen molar-refractivity contribution in [2.45, 2.75) is 149 Å². The first-order valence-corrected chi connectivity index (χ1v) is 12.9. The molecular weight excluding hydrogens is 420 g/mol. The summed E-state index contributed by atoms with van der Waals surface area (Å²) >= 11 is 0. The summed E-state index contributed by atoms with van der Waals surface area (Å²) in [5.41, 5.74) is 1.53. The van der Waals surface area contributed by atoms with E-state index in [2.05, 4.69) is 36.5 Å². The molecule has 3 heteroatoms. The summed E-state index contributed by atoms with van der Waals surface area (Å²) in [7, 11) is 0. The summed E-state index contributed by atoms with van der Waals surface area (Å²) in [6, 6.07) is 0. The van der Waals surface area contributed by atoms with Gasteiger partial charge in [0.05, 0.1) is 6.54 Å². The normalized spacial score (nSPS) is 11.0. The van der Waals surface area contributed by atoms with Crippen molar-refractivity contribution >= 4 is 0 Å². The van der Waals surface area contributed by atoms with E-state index in [1.165, 1.54) is 140 Å². The number of unbranched alkanes of at least 4 members (excludes halogenated alkanes) is 16. The standard InChI is InChI=1S/C26H50N2.BrH/c1-4-6-8-10-12-14-15-17-19-21-23-28-25(3)27-24-26(28)22-20-18-16-13-11-9-7-5-2;/h24H,4-23H2,1-3H3;1H. The van der Waals surface area contributed by atoms with Crippen LogP contribution >= 0.6 is 0 Å². The number of halogens is 1. The molecule has 0 saturated heterocycles. The third-order valence-corrected chi connectivity index (χ3v) is 6.22. The van der Waals surface area contributed by atoms with Crippen molar-refractivity contribution in [3.05, 3.63) is 17.7 Å². The minimum absolute atomic E-state index is 0. The summed E-state index contributed by atoms with van der Waals surface area (Å²) in [4.78, 5) is 3.46. The SMILES string of the molecule is CCCCCCCCCCCC[n+]1c(CCCCCCCCCC)c[nH]c1C.[Br-]. The summed E-state index contributed by atoms with van der Waals surface area (Å²) in [6.07, 6.45) is 28.9. The number of aromatic amines is 1. The number of hydrogen-bond acceptors (Lipinski definition) is 0. The number of H-pyrrole nitrogens is 1. The van der Waals surface area contributed by atoms with Gasteiger partial charge in [-0.05, 0) is 19.3 Å². The van der Waals surface area contributed by atoms with Gasteiger partial charge in [-0.3, -0.25) is 0 Å². The molecule has 0 unspecified atom stereocenters. The molecule has 1 aromatic rings. The van der Waals surface area contributed by atoms with Gasteiger partial charge in [0.25, 0.3) is 5.82 Å². The van der Waals surface area contributed by atoms with Crippen LogP contribution in [0.5, 0.6) is 0 Å². The summed E-state index contributed by atoms with van der Waals surface area (Å²) in [5.74, 6) is 1.34. The van der Waals surface area contributed by atoms with Crippen LogP contribution in [0.15, 0.2) is 6.20 Å². The highest BCUT2D eigenvalue weighted by Crippen LogP contribution is 2.12. The van der Waals surface area contributed by atoms with Gasteiger partial charge in [-0.15, -0.1) is 0 Å². The molecule has 0 bridgehead atoms. The summed E-state index contributed by atoms with van der Waals surface area (Å²) < 4.78 is 2.55. The molecule has 0 saturated carbocycles. The van der Waals surface area contributed by atoms with Gasteiger partial charge in [-0.25, -0.2) is 9.55 Å². The van der Waals surface area contributed by atoms with Gasteiger partial charge >= 0.3 is 0 Å². The highest BCUT2D eigenvalue weighted by Gasteiger charge is 2.13. The van der Waals surface area contributed by atoms with E-state index < -0.39 is 0 Å². The number of imidazole rings is 1. The maximum atomic E-state index is 3.46. The minimum atomic E-state index is 0. The van der Waals surface area contributed by atoms with Gasteiger partial charge in [0, 0.05) is 13.3 Å². The van der Waals surface area contributed by atoms with E-state index in [0.717, 1.165) is 0 Å². The maximum Gasteiger partial charge on any atom is 0.251 e. The van der Waals surface area contributed by atoms with Gasteiger partial charge in [0.2, 0.25) is 0 Å². The molecule has 0 fully saturated rings. The van der Waals surface area contributed by atoms with E-state index in [4.69, 9.17) is 0 Å². The minimum Gasteiger partial charge on any atom is -1.00 e. The average Bonchev–Trinajstić information content (AvgIpc) is 3.05. The van der Waals surface area contributed by atoms with Crippen LogP contribution in [0.25, 0.3) is 0 Å². The second-order valence-corrected chi connectivity index (χ2v) is 8.92. The lowest BCUT2D eigenvalue weighted by molar-refractivity contribution is -0.708. The maximum absolute atomic E-state index is 3.46. The monoisotopic (exact) mass is 470 g/mol. The summed E-state index contributed by atoms with van der Waals surface area (Å²) in [6.45, 7) is 8.03. The Morgan fingerprint density at radius 1 is 0.621 bits per heavy atom. The van der Waals surface area contributed by atoms with Crippen LogP contribution in [0.4, 0.5) is 0 Å². The fourth-order valence-corrected chi connectivity index (χ4v) is 4.27. The molecule has 172 valence electrons. The lowest BCUT2D eigenvalue weighted by Gasteiger charge is -2.05. The molecule has 0 aromatic carbocycles. The van der Waals surface area contributed by atoms with Crippen LogP contribution in [-0.4, -0.2) is 4.98 Å². The second-order valence-electron chi connectivity index (χ2n) is 8.92. The molecule has 0 aliphatic rings. The first-order chi connectivity index (χ1) is 13.8. The number of rotatable bonds is 20. The van der Waals surface area contributed by atoms with Crippen LogP contribution in [0, 0.1) is 6.92 Å². The molecule has 0 atom stereocenters. The molecule has 2 nitrogen and oxygen atoms in total. The van der Waals surface area contributed by atoms with E-state index in [1.54, 1.807) is 0 Å². The van der Waals surface area contributed by atoms with Gasteiger partial charge in [0.1, 0.15) is 11.9 Å². The predicted octanol–water partition coefficient (Wildman–Crippen LogP) is 5.22. The largest absolute Gasteiger partial charge is 1.00 e. The van der Waals surface area contributed by atoms with Gasteiger partial charge < -0.3 is 17.0 Å². The predicted molar refractivity (Wildman–Crippen MR) is 124 cm³/mol. The van der Waals surface area contributed by atoms with E-state index in [-0.39, 0.29) is 17.0 Å². The smallest absolute Gasteiger partial charge is 0.251 e. The highest BCUT2D eigenvalue weighted by atomic mass is 79.9. The Kier molecular flexibility index (Phi) is 20.7. The molecule has 0 aliphatic carbocycles. The molecule has 0 spiro atoms. The Bertz CT molecular complexity index is 456. The molecule has 0 amide bonds. The fraction of sp³-hybridized carbons (Fsp3) is 0.885. The molecule has 1 rings (SSSR count). The third kappa shape index (κ3) is 15.2. The second kappa shape index (κ2) is 20.9. The van der Waals surface area contributed by atoms with Crippen molar-refractivity contribution in [3.8, 4) is 0 Å². The molecule has 1 aromatic heterocycles. The Balaban J connectivity index is 0.00000784. The number of nitrogens with one attached hydrogen (secondary N) is 1. The average molecular weight is 472 g/mol. The van der Waals surface area contributed by atoms with Crippen molar-refractivity contribution < 1.29 is 21.5 Å². The zero-order valence-electron chi connectivity index (χ0n) is 20.0. The number of aromatic nitrogens is 2. The topological polar surface area (TPSA) is 19.7 Å². The van der Waals surface area contributed by atoms with Crippen LogP contribution in [-0.2, 0) is 13.0 Å². The lowest BCUT2D eigenvalue weighted by Crippen LogP contribution is -3.00. The molecule has 0 aliphatic heterocycles. The number of nitrogens with zero attached hydrogens (tertiary/aromatic N) is 1. The van der Waals surface area contributed by atoms with E-state index in [9.17, 15) is 0 Å². The van der Waals surface area contributed by atoms with Crippen molar-refractivity contribution in [1.82, 2.24) is 4.98 Å². The van der Waals surface area contributed by atoms with Gasteiger partial charge in [-0.2, -0.15) is 0 Å². The first-order valence-electron chi connectivity index (χ1n) is 12.9. The van der Waals surface area contributed by atoms with Crippen LogP contribution in [0.1, 0.15) is 141 Å². The Labute approximate surface area is 193 Å². The van der Waals surface area contributed by atoms with Crippen molar-refractivity contribution in [2.75, 3.05) is 0 Å². The fourth-order valence-electron chi connectivity index (χ4n) is 4.27. The summed E-state index contributed by atoms with van der Waals surface area (Å²) in [5, 5.41) is 0. The third-order valence-electron chi connectivity index (χ3n) is 6.22. The zero-order valence-corrected chi connectivity index (χ0v) is 21.6. The molecule has 29 heavy (non-hydrogen) atoms. The van der Waals surface area contributed by atoms with Crippen molar-refractivity contribution in [3.63, 3.8) is 0 Å². The molecule has 1 N–H and O–H groups in total. The Hall–Kier alpha value is -0.310. The van der Waals surface area contributed by atoms with E-state index in [1.807, 2.05) is 0 Å². The first kappa shape index (κ1) is 28.7. The zero-order chi connectivity index (χ0) is 20.3. The highest BCUT2D eigenvalue weighted by molar-refractivity contribution is 4.90. The Morgan fingerprint density at radius 2 is 1.03 bits per heavy atom. The quantitative estimate of drug-likeness (QED) is 0.199. The van der Waals surface area contributed by atoms with Crippen molar-refractivity contribution in [2.24, 2.45) is 0 Å². The lowest BCUT2D eigenvalue weighted by atomic mass is 10.1. The van der Waals surface area contributed by atoms with Gasteiger partial charge in [-0.1, -0.05) is 110 Å². The molecular formula is C26H51BrN2. The van der Waals surface area contributed by atoms with E-state index >= 15 is 0 Å². The van der Waals surface area contributed by atoms with Crippen LogP contribution < -0.4 is 21.5 Å².